The fraction of sp³-hybridized carbons (Fsp3) is 0.294. The summed E-state index contributed by atoms with van der Waals surface area (Å²) >= 11 is 0. The molecular weight excluding hydrogens is 308 g/mol. The lowest BCUT2D eigenvalue weighted by molar-refractivity contribution is -0.121. The Labute approximate surface area is 138 Å². The third-order valence-corrected chi connectivity index (χ3v) is 3.82. The quantitative estimate of drug-likeness (QED) is 0.771. The van der Waals surface area contributed by atoms with Crippen LogP contribution in [0.4, 0.5) is 0 Å². The van der Waals surface area contributed by atoms with E-state index in [2.05, 4.69) is 15.6 Å². The number of carbonyl (C=O) groups excluding carboxylic acids is 1. The first kappa shape index (κ1) is 15.9. The number of aryl methyl sites for hydroxylation is 3. The van der Waals surface area contributed by atoms with Gasteiger partial charge in [0.2, 0.25) is 5.91 Å². The van der Waals surface area contributed by atoms with Gasteiger partial charge in [-0.2, -0.15) is 5.10 Å². The van der Waals surface area contributed by atoms with E-state index in [1.54, 1.807) is 13.8 Å². The predicted octanol–water partition coefficient (Wildman–Crippen LogP) is 1.71. The molecule has 0 radical (unpaired) electrons. The van der Waals surface area contributed by atoms with Gasteiger partial charge in [-0.3, -0.25) is 9.59 Å². The van der Waals surface area contributed by atoms with Crippen molar-refractivity contribution >= 4 is 16.8 Å². The van der Waals surface area contributed by atoms with Crippen LogP contribution in [0.25, 0.3) is 10.9 Å². The van der Waals surface area contributed by atoms with Crippen molar-refractivity contribution in [1.82, 2.24) is 20.3 Å². The van der Waals surface area contributed by atoms with E-state index in [1.165, 1.54) is 4.68 Å². The highest BCUT2D eigenvalue weighted by atomic mass is 16.5. The second-order valence-corrected chi connectivity index (χ2v) is 5.59. The summed E-state index contributed by atoms with van der Waals surface area (Å²) in [5.41, 5.74) is 1.59. The number of hydrogen-bond acceptors (Lipinski definition) is 5. The molecule has 0 aliphatic heterocycles. The molecule has 0 unspecified atom stereocenters. The Morgan fingerprint density at radius 2 is 2.00 bits per heavy atom. The zero-order valence-corrected chi connectivity index (χ0v) is 13.6. The number of nitrogens with one attached hydrogen (secondary N) is 1. The van der Waals surface area contributed by atoms with Crippen molar-refractivity contribution in [3.05, 3.63) is 57.7 Å². The van der Waals surface area contributed by atoms with Crippen molar-refractivity contribution in [3.8, 4) is 0 Å². The van der Waals surface area contributed by atoms with E-state index in [0.29, 0.717) is 23.4 Å². The minimum atomic E-state index is -0.344. The molecule has 7 nitrogen and oxygen atoms in total. The lowest BCUT2D eigenvalue weighted by Crippen LogP contribution is -2.29. The van der Waals surface area contributed by atoms with Crippen molar-refractivity contribution in [3.63, 3.8) is 0 Å². The van der Waals surface area contributed by atoms with Gasteiger partial charge < -0.3 is 9.84 Å². The molecular formula is C17H18N4O3. The lowest BCUT2D eigenvalue weighted by atomic mass is 10.2. The van der Waals surface area contributed by atoms with Crippen molar-refractivity contribution in [1.29, 1.82) is 0 Å². The Hall–Kier alpha value is -2.96. The third-order valence-electron chi connectivity index (χ3n) is 3.82. The predicted molar refractivity (Wildman–Crippen MR) is 88.4 cm³/mol. The van der Waals surface area contributed by atoms with Crippen LogP contribution in [0.2, 0.25) is 0 Å². The van der Waals surface area contributed by atoms with E-state index < -0.39 is 0 Å². The fourth-order valence-corrected chi connectivity index (χ4v) is 2.59. The molecule has 0 bridgehead atoms. The molecule has 1 aromatic carbocycles. The molecule has 0 saturated heterocycles. The maximum absolute atomic E-state index is 12.3. The summed E-state index contributed by atoms with van der Waals surface area (Å²) in [6, 6.07) is 9.65. The van der Waals surface area contributed by atoms with Gasteiger partial charge in [-0.25, -0.2) is 4.68 Å². The Morgan fingerprint density at radius 1 is 1.25 bits per heavy atom. The normalized spacial score (nSPS) is 10.9. The zero-order valence-electron chi connectivity index (χ0n) is 13.6. The van der Waals surface area contributed by atoms with Crippen LogP contribution in [0.1, 0.15) is 23.4 Å². The maximum atomic E-state index is 12.3. The van der Waals surface area contributed by atoms with E-state index in [1.807, 2.05) is 30.3 Å². The molecule has 3 rings (SSSR count). The first-order valence-electron chi connectivity index (χ1n) is 7.70. The van der Waals surface area contributed by atoms with Crippen LogP contribution in [-0.2, 0) is 17.9 Å². The molecule has 7 heteroatoms. The molecule has 3 aromatic rings. The van der Waals surface area contributed by atoms with E-state index in [4.69, 9.17) is 4.52 Å². The summed E-state index contributed by atoms with van der Waals surface area (Å²) in [5.74, 6) is 0.432. The summed E-state index contributed by atoms with van der Waals surface area (Å²) < 4.78 is 6.33. The Balaban J connectivity index is 1.66. The average Bonchev–Trinajstić information content (AvgIpc) is 2.98. The van der Waals surface area contributed by atoms with Crippen molar-refractivity contribution < 1.29 is 9.32 Å². The van der Waals surface area contributed by atoms with Gasteiger partial charge in [-0.1, -0.05) is 35.5 Å². The third kappa shape index (κ3) is 3.19. The summed E-state index contributed by atoms with van der Waals surface area (Å²) in [6.07, 6.45) is 0.168. The molecule has 0 saturated carbocycles. The smallest absolute Gasteiger partial charge is 0.296 e. The van der Waals surface area contributed by atoms with Gasteiger partial charge in [-0.15, -0.1) is 0 Å². The van der Waals surface area contributed by atoms with Crippen LogP contribution in [-0.4, -0.2) is 20.8 Å². The highest BCUT2D eigenvalue weighted by molar-refractivity contribution is 5.81. The van der Waals surface area contributed by atoms with Gasteiger partial charge in [0.05, 0.1) is 17.6 Å². The SMILES string of the molecule is Cc1nn(CCC(=O)NCc2ccccc2)c(=O)c2noc(C)c12. The van der Waals surface area contributed by atoms with E-state index in [-0.39, 0.29) is 29.9 Å². The van der Waals surface area contributed by atoms with Crippen LogP contribution >= 0.6 is 0 Å². The molecule has 1 amide bonds. The monoisotopic (exact) mass is 326 g/mol. The number of benzene rings is 1. The molecule has 24 heavy (non-hydrogen) atoms. The number of fused-ring (bicyclic) bond motifs is 1. The Morgan fingerprint density at radius 3 is 2.75 bits per heavy atom. The summed E-state index contributed by atoms with van der Waals surface area (Å²) in [6.45, 7) is 4.19. The second kappa shape index (κ2) is 6.66. The molecule has 0 aliphatic carbocycles. The van der Waals surface area contributed by atoms with Crippen molar-refractivity contribution in [2.75, 3.05) is 0 Å². The zero-order chi connectivity index (χ0) is 17.1. The minimum Gasteiger partial charge on any atom is -0.360 e. The van der Waals surface area contributed by atoms with Crippen LogP contribution in [0.5, 0.6) is 0 Å². The first-order chi connectivity index (χ1) is 11.6. The highest BCUT2D eigenvalue weighted by Crippen LogP contribution is 2.16. The topological polar surface area (TPSA) is 90.0 Å². The maximum Gasteiger partial charge on any atom is 0.296 e. The first-order valence-corrected chi connectivity index (χ1v) is 7.70. The molecule has 2 aromatic heterocycles. The van der Waals surface area contributed by atoms with Gasteiger partial charge in [0, 0.05) is 13.0 Å². The van der Waals surface area contributed by atoms with Crippen LogP contribution < -0.4 is 10.9 Å². The fourth-order valence-electron chi connectivity index (χ4n) is 2.59. The van der Waals surface area contributed by atoms with Gasteiger partial charge in [0.25, 0.3) is 5.56 Å². The molecule has 2 heterocycles. The average molecular weight is 326 g/mol. The number of aromatic nitrogens is 3. The summed E-state index contributed by atoms with van der Waals surface area (Å²) in [5, 5.41) is 11.5. The molecule has 0 aliphatic rings. The van der Waals surface area contributed by atoms with Crippen molar-refractivity contribution in [2.45, 2.75) is 33.4 Å². The van der Waals surface area contributed by atoms with Gasteiger partial charge in [-0.05, 0) is 19.4 Å². The highest BCUT2D eigenvalue weighted by Gasteiger charge is 2.15. The molecule has 124 valence electrons. The van der Waals surface area contributed by atoms with Crippen molar-refractivity contribution in [2.24, 2.45) is 0 Å². The molecule has 0 spiro atoms. The molecule has 1 N–H and O–H groups in total. The van der Waals surface area contributed by atoms with Gasteiger partial charge in [0.1, 0.15) is 5.76 Å². The Kier molecular flexibility index (Phi) is 4.41. The number of rotatable bonds is 5. The lowest BCUT2D eigenvalue weighted by Gasteiger charge is -2.07. The number of hydrogen-bond donors (Lipinski definition) is 1. The molecule has 0 fully saturated rings. The van der Waals surface area contributed by atoms with Gasteiger partial charge >= 0.3 is 0 Å². The number of carbonyl (C=O) groups is 1. The van der Waals surface area contributed by atoms with Crippen LogP contribution in [0.3, 0.4) is 0 Å². The number of nitrogens with zero attached hydrogens (tertiary/aromatic N) is 3. The standard InChI is InChI=1S/C17H18N4O3/c1-11-15-12(2)24-20-16(15)17(23)21(19-11)9-8-14(22)18-10-13-6-4-3-5-7-13/h3-7H,8-10H2,1-2H3,(H,18,22). The largest absolute Gasteiger partial charge is 0.360 e. The Bertz CT molecular complexity index is 928. The van der Waals surface area contributed by atoms with Crippen LogP contribution in [0.15, 0.2) is 39.6 Å². The van der Waals surface area contributed by atoms with E-state index in [9.17, 15) is 9.59 Å². The molecule has 0 atom stereocenters. The van der Waals surface area contributed by atoms with Crippen LogP contribution in [0, 0.1) is 13.8 Å². The number of amides is 1. The van der Waals surface area contributed by atoms with E-state index >= 15 is 0 Å². The minimum absolute atomic E-state index is 0.137. The summed E-state index contributed by atoms with van der Waals surface area (Å²) in [4.78, 5) is 24.3. The summed E-state index contributed by atoms with van der Waals surface area (Å²) in [7, 11) is 0. The second-order valence-electron chi connectivity index (χ2n) is 5.59. The van der Waals surface area contributed by atoms with E-state index in [0.717, 1.165) is 5.56 Å². The van der Waals surface area contributed by atoms with Gasteiger partial charge in [0.15, 0.2) is 5.52 Å².